The molecule has 0 radical (unpaired) electrons. The number of hydrogen-bond donors (Lipinski definition) is 0. The maximum atomic E-state index is 13.3. The molecular weight excluding hydrogens is 387 g/mol. The fourth-order valence-corrected chi connectivity index (χ4v) is 3.85. The Morgan fingerprint density at radius 2 is 1.79 bits per heavy atom. The summed E-state index contributed by atoms with van der Waals surface area (Å²) < 4.78 is 13.3. The summed E-state index contributed by atoms with van der Waals surface area (Å²) in [6.45, 7) is 10.8. The van der Waals surface area contributed by atoms with Crippen LogP contribution < -0.4 is 0 Å². The second-order valence-corrected chi connectivity index (χ2v) is 8.56. The molecule has 1 aromatic heterocycles. The molecule has 6 heteroatoms. The van der Waals surface area contributed by atoms with Crippen molar-refractivity contribution in [1.29, 1.82) is 0 Å². The van der Waals surface area contributed by atoms with Crippen LogP contribution in [0.25, 0.3) is 0 Å². The number of rotatable bonds is 10. The molecular formula is C23H29FN2O2S. The summed E-state index contributed by atoms with van der Waals surface area (Å²) in [6, 6.07) is 8.18. The van der Waals surface area contributed by atoms with Gasteiger partial charge in [-0.15, -0.1) is 17.9 Å². The van der Waals surface area contributed by atoms with Gasteiger partial charge in [-0.3, -0.25) is 9.59 Å². The molecule has 0 saturated carbocycles. The number of aryl methyl sites for hydroxylation is 1. The molecule has 0 bridgehead atoms. The molecule has 156 valence electrons. The molecule has 0 fully saturated rings. The third kappa shape index (κ3) is 7.13. The van der Waals surface area contributed by atoms with Crippen molar-refractivity contribution in [2.75, 3.05) is 13.1 Å². The van der Waals surface area contributed by atoms with Gasteiger partial charge in [0, 0.05) is 24.4 Å². The molecule has 2 aromatic rings. The summed E-state index contributed by atoms with van der Waals surface area (Å²) in [5.74, 6) is -0.283. The molecule has 2 rings (SSSR count). The van der Waals surface area contributed by atoms with Crippen LogP contribution in [-0.4, -0.2) is 34.7 Å². The Kier molecular flexibility index (Phi) is 8.58. The normalized spacial score (nSPS) is 10.8. The average molecular weight is 417 g/mol. The Morgan fingerprint density at radius 1 is 1.10 bits per heavy atom. The Bertz CT molecular complexity index is 830. The number of nitrogens with zero attached hydrogens (tertiary/aromatic N) is 2. The van der Waals surface area contributed by atoms with Crippen molar-refractivity contribution in [3.63, 3.8) is 0 Å². The first kappa shape index (κ1) is 22.8. The number of thiophene rings is 1. The van der Waals surface area contributed by atoms with Crippen molar-refractivity contribution in [3.05, 3.63) is 70.2 Å². The molecule has 0 aliphatic heterocycles. The average Bonchev–Trinajstić information content (AvgIpc) is 3.06. The lowest BCUT2D eigenvalue weighted by molar-refractivity contribution is -0.141. The van der Waals surface area contributed by atoms with E-state index in [1.165, 1.54) is 12.1 Å². The summed E-state index contributed by atoms with van der Waals surface area (Å²) in [7, 11) is 0. The predicted molar refractivity (Wildman–Crippen MR) is 116 cm³/mol. The minimum atomic E-state index is -0.308. The number of amides is 2. The second kappa shape index (κ2) is 10.9. The van der Waals surface area contributed by atoms with E-state index in [9.17, 15) is 14.0 Å². The van der Waals surface area contributed by atoms with Crippen LogP contribution >= 0.6 is 11.3 Å². The fourth-order valence-electron chi connectivity index (χ4n) is 2.93. The Balaban J connectivity index is 2.19. The maximum absolute atomic E-state index is 13.3. The summed E-state index contributed by atoms with van der Waals surface area (Å²) in [4.78, 5) is 30.1. The molecule has 0 unspecified atom stereocenters. The van der Waals surface area contributed by atoms with Crippen molar-refractivity contribution in [2.24, 2.45) is 5.92 Å². The van der Waals surface area contributed by atoms with Crippen molar-refractivity contribution >= 4 is 23.2 Å². The first-order chi connectivity index (χ1) is 13.8. The molecule has 0 aliphatic rings. The van der Waals surface area contributed by atoms with E-state index in [0.717, 1.165) is 16.0 Å². The number of halogens is 1. The number of carbonyl (C=O) groups excluding carboxylic acids is 2. The van der Waals surface area contributed by atoms with E-state index in [1.807, 2.05) is 32.2 Å². The summed E-state index contributed by atoms with van der Waals surface area (Å²) in [5, 5.41) is 2.00. The van der Waals surface area contributed by atoms with E-state index < -0.39 is 0 Å². The molecule has 2 amide bonds. The lowest BCUT2D eigenvalue weighted by atomic mass is 10.1. The van der Waals surface area contributed by atoms with Gasteiger partial charge in [0.25, 0.3) is 0 Å². The zero-order valence-electron chi connectivity index (χ0n) is 17.4. The first-order valence-electron chi connectivity index (χ1n) is 9.74. The smallest absolute Gasteiger partial charge is 0.242 e. The molecule has 4 nitrogen and oxygen atoms in total. The van der Waals surface area contributed by atoms with E-state index in [1.54, 1.807) is 39.3 Å². The van der Waals surface area contributed by atoms with Crippen LogP contribution in [0.3, 0.4) is 0 Å². The van der Waals surface area contributed by atoms with Crippen LogP contribution in [0.1, 0.15) is 36.3 Å². The van der Waals surface area contributed by atoms with Crippen LogP contribution in [0.5, 0.6) is 0 Å². The van der Waals surface area contributed by atoms with Gasteiger partial charge in [-0.25, -0.2) is 4.39 Å². The van der Waals surface area contributed by atoms with Gasteiger partial charge < -0.3 is 9.80 Å². The van der Waals surface area contributed by atoms with Gasteiger partial charge in [0.05, 0.1) is 6.54 Å². The van der Waals surface area contributed by atoms with Crippen LogP contribution in [0.4, 0.5) is 4.39 Å². The molecule has 1 aromatic carbocycles. The number of benzene rings is 1. The van der Waals surface area contributed by atoms with Crippen molar-refractivity contribution in [2.45, 2.75) is 40.3 Å². The van der Waals surface area contributed by atoms with Gasteiger partial charge in [-0.1, -0.05) is 32.1 Å². The number of hydrogen-bond acceptors (Lipinski definition) is 3. The molecule has 0 saturated heterocycles. The second-order valence-electron chi connectivity index (χ2n) is 7.56. The SMILES string of the molecule is C=CCN(CC(=O)N(Cc1ccc(F)cc1)Cc1sccc1C)C(=O)CC(C)C. The summed E-state index contributed by atoms with van der Waals surface area (Å²) in [6.07, 6.45) is 2.03. The molecule has 29 heavy (non-hydrogen) atoms. The summed E-state index contributed by atoms with van der Waals surface area (Å²) in [5.41, 5.74) is 1.98. The molecule has 1 heterocycles. The highest BCUT2D eigenvalue weighted by molar-refractivity contribution is 7.10. The highest BCUT2D eigenvalue weighted by Crippen LogP contribution is 2.20. The largest absolute Gasteiger partial charge is 0.332 e. The topological polar surface area (TPSA) is 40.6 Å². The van der Waals surface area contributed by atoms with Gasteiger partial charge in [0.15, 0.2) is 0 Å². The fraction of sp³-hybridized carbons (Fsp3) is 0.391. The highest BCUT2D eigenvalue weighted by Gasteiger charge is 2.22. The Hall–Kier alpha value is -2.47. The Labute approximate surface area is 176 Å². The monoisotopic (exact) mass is 416 g/mol. The van der Waals surface area contributed by atoms with Gasteiger partial charge >= 0.3 is 0 Å². The zero-order valence-corrected chi connectivity index (χ0v) is 18.2. The predicted octanol–water partition coefficient (Wildman–Crippen LogP) is 4.79. The van der Waals surface area contributed by atoms with Gasteiger partial charge in [-0.2, -0.15) is 0 Å². The van der Waals surface area contributed by atoms with Crippen LogP contribution in [0.15, 0.2) is 48.4 Å². The molecule has 0 aliphatic carbocycles. The quantitative estimate of drug-likeness (QED) is 0.523. The minimum absolute atomic E-state index is 0.00317. The molecule has 0 atom stereocenters. The van der Waals surface area contributed by atoms with Crippen molar-refractivity contribution in [3.8, 4) is 0 Å². The van der Waals surface area contributed by atoms with Crippen LogP contribution in [0.2, 0.25) is 0 Å². The number of carbonyl (C=O) groups is 2. The van der Waals surface area contributed by atoms with Crippen LogP contribution in [-0.2, 0) is 22.7 Å². The molecule has 0 spiro atoms. The van der Waals surface area contributed by atoms with E-state index in [0.29, 0.717) is 26.1 Å². The van der Waals surface area contributed by atoms with E-state index in [2.05, 4.69) is 6.58 Å². The maximum Gasteiger partial charge on any atom is 0.242 e. The standard InChI is InChI=1S/C23H29FN2O2S/c1-5-11-25(22(27)13-17(2)3)16-23(28)26(15-21-18(4)10-12-29-21)14-19-6-8-20(24)9-7-19/h5-10,12,17H,1,11,13-16H2,2-4H3. The van der Waals surface area contributed by atoms with Crippen LogP contribution in [0, 0.1) is 18.7 Å². The first-order valence-corrected chi connectivity index (χ1v) is 10.6. The van der Waals surface area contributed by atoms with Crippen molar-refractivity contribution in [1.82, 2.24) is 9.80 Å². The van der Waals surface area contributed by atoms with Gasteiger partial charge in [-0.05, 0) is 47.5 Å². The summed E-state index contributed by atoms with van der Waals surface area (Å²) >= 11 is 1.60. The van der Waals surface area contributed by atoms with E-state index in [-0.39, 0.29) is 30.1 Å². The third-order valence-electron chi connectivity index (χ3n) is 4.55. The zero-order chi connectivity index (χ0) is 21.4. The lowest BCUT2D eigenvalue weighted by Crippen LogP contribution is -2.42. The van der Waals surface area contributed by atoms with Gasteiger partial charge in [0.2, 0.25) is 11.8 Å². The minimum Gasteiger partial charge on any atom is -0.332 e. The van der Waals surface area contributed by atoms with Gasteiger partial charge in [0.1, 0.15) is 12.4 Å². The highest BCUT2D eigenvalue weighted by atomic mass is 32.1. The van der Waals surface area contributed by atoms with Crippen molar-refractivity contribution < 1.29 is 14.0 Å². The third-order valence-corrected chi connectivity index (χ3v) is 5.56. The van der Waals surface area contributed by atoms with E-state index in [4.69, 9.17) is 0 Å². The molecule has 0 N–H and O–H groups in total. The Morgan fingerprint density at radius 3 is 2.34 bits per heavy atom. The lowest BCUT2D eigenvalue weighted by Gasteiger charge is -2.27. The van der Waals surface area contributed by atoms with E-state index >= 15 is 0 Å².